The zero-order valence-corrected chi connectivity index (χ0v) is 11.2. The van der Waals surface area contributed by atoms with E-state index in [1.54, 1.807) is 0 Å². The van der Waals surface area contributed by atoms with Gasteiger partial charge in [-0.2, -0.15) is 5.10 Å². The molecule has 0 aliphatic carbocycles. The molecule has 0 saturated carbocycles. The number of benzene rings is 1. The third kappa shape index (κ3) is 4.86. The highest BCUT2D eigenvalue weighted by atomic mass is 79.9. The molecule has 0 unspecified atom stereocenters. The molecule has 5 nitrogen and oxygen atoms in total. The molecule has 0 aliphatic heterocycles. The van der Waals surface area contributed by atoms with Crippen molar-refractivity contribution in [2.45, 2.75) is 20.0 Å². The largest absolute Gasteiger partial charge is 0.490 e. The van der Waals surface area contributed by atoms with Crippen LogP contribution in [-0.2, 0) is 0 Å². The Hall–Kier alpha value is -1.56. The molecule has 0 aliphatic rings. The molecule has 17 heavy (non-hydrogen) atoms. The number of halogens is 1. The van der Waals surface area contributed by atoms with E-state index in [-0.39, 0.29) is 6.10 Å². The molecule has 1 rings (SSSR count). The van der Waals surface area contributed by atoms with Gasteiger partial charge in [-0.25, -0.2) is 10.2 Å². The number of carbonyl (C=O) groups is 1. The summed E-state index contributed by atoms with van der Waals surface area (Å²) in [6.07, 6.45) is 1.61. The van der Waals surface area contributed by atoms with Crippen LogP contribution in [0.2, 0.25) is 0 Å². The second-order valence-corrected chi connectivity index (χ2v) is 4.45. The lowest BCUT2D eigenvalue weighted by atomic mass is 10.2. The first kappa shape index (κ1) is 13.5. The second-order valence-electron chi connectivity index (χ2n) is 3.59. The molecule has 2 amide bonds. The van der Waals surface area contributed by atoms with E-state index in [2.05, 4.69) is 26.5 Å². The van der Waals surface area contributed by atoms with Gasteiger partial charge in [-0.1, -0.05) is 0 Å². The monoisotopic (exact) mass is 299 g/mol. The Morgan fingerprint density at radius 3 is 2.82 bits per heavy atom. The highest BCUT2D eigenvalue weighted by Gasteiger charge is 2.03. The number of urea groups is 1. The molecule has 0 heterocycles. The normalized spacial score (nSPS) is 10.8. The fourth-order valence-corrected chi connectivity index (χ4v) is 1.61. The number of nitrogens with zero attached hydrogens (tertiary/aromatic N) is 1. The standard InChI is InChI=1S/C11H14BrN3O2/c1-7(2)17-10-4-3-8(5-9(10)12)6-14-15-11(13)16/h3-7H,1-2H3,(H3,13,15,16)/b14-6-. The lowest BCUT2D eigenvalue weighted by molar-refractivity contribution is 0.241. The fourth-order valence-electron chi connectivity index (χ4n) is 1.12. The van der Waals surface area contributed by atoms with Crippen molar-refractivity contribution in [2.24, 2.45) is 10.8 Å². The minimum Gasteiger partial charge on any atom is -0.490 e. The highest BCUT2D eigenvalue weighted by Crippen LogP contribution is 2.26. The van der Waals surface area contributed by atoms with Gasteiger partial charge in [0.15, 0.2) is 0 Å². The summed E-state index contributed by atoms with van der Waals surface area (Å²) in [5.74, 6) is 0.764. The van der Waals surface area contributed by atoms with Crippen molar-refractivity contribution in [1.29, 1.82) is 0 Å². The Balaban J connectivity index is 2.74. The first-order valence-electron chi connectivity index (χ1n) is 5.03. The van der Waals surface area contributed by atoms with E-state index >= 15 is 0 Å². The molecule has 3 N–H and O–H groups in total. The number of hydrazone groups is 1. The van der Waals surface area contributed by atoms with Crippen molar-refractivity contribution < 1.29 is 9.53 Å². The van der Waals surface area contributed by atoms with Crippen LogP contribution >= 0.6 is 15.9 Å². The first-order valence-corrected chi connectivity index (χ1v) is 5.83. The van der Waals surface area contributed by atoms with Crippen molar-refractivity contribution in [1.82, 2.24) is 5.43 Å². The van der Waals surface area contributed by atoms with Crippen LogP contribution in [0.1, 0.15) is 19.4 Å². The van der Waals surface area contributed by atoms with Gasteiger partial charge in [0, 0.05) is 0 Å². The van der Waals surface area contributed by atoms with E-state index < -0.39 is 6.03 Å². The van der Waals surface area contributed by atoms with Crippen LogP contribution in [0.25, 0.3) is 0 Å². The molecule has 0 aromatic heterocycles. The van der Waals surface area contributed by atoms with Gasteiger partial charge in [-0.3, -0.25) is 0 Å². The summed E-state index contributed by atoms with van der Waals surface area (Å²) >= 11 is 3.40. The maximum Gasteiger partial charge on any atom is 0.332 e. The van der Waals surface area contributed by atoms with Crippen molar-refractivity contribution in [3.05, 3.63) is 28.2 Å². The quantitative estimate of drug-likeness (QED) is 0.661. The number of ether oxygens (including phenoxy) is 1. The van der Waals surface area contributed by atoms with Gasteiger partial charge >= 0.3 is 6.03 Å². The van der Waals surface area contributed by atoms with Crippen LogP contribution in [0, 0.1) is 0 Å². The summed E-state index contributed by atoms with van der Waals surface area (Å²) < 4.78 is 6.39. The van der Waals surface area contributed by atoms with Gasteiger partial charge in [0.1, 0.15) is 5.75 Å². The summed E-state index contributed by atoms with van der Waals surface area (Å²) in [7, 11) is 0. The molecule has 0 atom stereocenters. The van der Waals surface area contributed by atoms with Crippen LogP contribution < -0.4 is 15.9 Å². The van der Waals surface area contributed by atoms with E-state index in [0.29, 0.717) is 0 Å². The third-order valence-electron chi connectivity index (χ3n) is 1.71. The van der Waals surface area contributed by atoms with Gasteiger partial charge in [0.25, 0.3) is 0 Å². The minimum atomic E-state index is -0.694. The highest BCUT2D eigenvalue weighted by molar-refractivity contribution is 9.10. The molecule has 0 spiro atoms. The van der Waals surface area contributed by atoms with Crippen LogP contribution in [0.5, 0.6) is 5.75 Å². The Morgan fingerprint density at radius 1 is 1.59 bits per heavy atom. The van der Waals surface area contributed by atoms with Gasteiger partial charge in [-0.15, -0.1) is 0 Å². The van der Waals surface area contributed by atoms with Crippen molar-refractivity contribution >= 4 is 28.2 Å². The number of hydrogen-bond donors (Lipinski definition) is 2. The summed E-state index contributed by atoms with van der Waals surface area (Å²) in [5.41, 5.74) is 7.82. The first-order chi connectivity index (χ1) is 7.99. The van der Waals surface area contributed by atoms with Crippen molar-refractivity contribution in [3.63, 3.8) is 0 Å². The van der Waals surface area contributed by atoms with E-state index in [0.717, 1.165) is 15.8 Å². The summed E-state index contributed by atoms with van der Waals surface area (Å²) in [6, 6.07) is 4.80. The molecular weight excluding hydrogens is 286 g/mol. The number of amides is 2. The van der Waals surface area contributed by atoms with E-state index in [1.807, 2.05) is 32.0 Å². The molecule has 0 fully saturated rings. The number of hydrogen-bond acceptors (Lipinski definition) is 3. The minimum absolute atomic E-state index is 0.113. The molecule has 6 heteroatoms. The third-order valence-corrected chi connectivity index (χ3v) is 2.33. The molecular formula is C11H14BrN3O2. The van der Waals surface area contributed by atoms with E-state index in [4.69, 9.17) is 10.5 Å². The SMILES string of the molecule is CC(C)Oc1ccc(/C=N\NC(N)=O)cc1Br. The zero-order chi connectivity index (χ0) is 12.8. The number of nitrogens with one attached hydrogen (secondary N) is 1. The summed E-state index contributed by atoms with van der Waals surface area (Å²) in [5, 5.41) is 3.66. The predicted molar refractivity (Wildman–Crippen MR) is 70.2 cm³/mol. The lowest BCUT2D eigenvalue weighted by Gasteiger charge is -2.11. The predicted octanol–water partition coefficient (Wildman–Crippen LogP) is 2.24. The number of rotatable bonds is 4. The summed E-state index contributed by atoms with van der Waals surface area (Å²) in [4.78, 5) is 10.4. The van der Waals surface area contributed by atoms with Crippen molar-refractivity contribution in [3.8, 4) is 5.75 Å². The van der Waals surface area contributed by atoms with E-state index in [1.165, 1.54) is 6.21 Å². The van der Waals surface area contributed by atoms with E-state index in [9.17, 15) is 4.79 Å². The summed E-state index contributed by atoms with van der Waals surface area (Å²) in [6.45, 7) is 3.91. The van der Waals surface area contributed by atoms with Crippen LogP contribution in [0.4, 0.5) is 4.79 Å². The molecule has 1 aromatic carbocycles. The van der Waals surface area contributed by atoms with Crippen molar-refractivity contribution in [2.75, 3.05) is 0 Å². The number of carbonyl (C=O) groups excluding carboxylic acids is 1. The molecule has 0 saturated heterocycles. The van der Waals surface area contributed by atoms with Crippen LogP contribution in [0.3, 0.4) is 0 Å². The lowest BCUT2D eigenvalue weighted by Crippen LogP contribution is -2.24. The smallest absolute Gasteiger partial charge is 0.332 e. The topological polar surface area (TPSA) is 76.7 Å². The Labute approximate surface area is 108 Å². The maximum atomic E-state index is 10.4. The van der Waals surface area contributed by atoms with Crippen LogP contribution in [-0.4, -0.2) is 18.3 Å². The molecule has 1 aromatic rings. The van der Waals surface area contributed by atoms with Gasteiger partial charge < -0.3 is 10.5 Å². The van der Waals surface area contributed by atoms with Gasteiger partial charge in [0.05, 0.1) is 16.8 Å². The Bertz CT molecular complexity index is 433. The fraction of sp³-hybridized carbons (Fsp3) is 0.273. The average molecular weight is 300 g/mol. The number of nitrogens with two attached hydrogens (primary N) is 1. The Morgan fingerprint density at radius 2 is 2.29 bits per heavy atom. The molecule has 0 bridgehead atoms. The Kier molecular flexibility index (Phi) is 4.96. The number of primary amides is 1. The molecule has 92 valence electrons. The average Bonchev–Trinajstić information content (AvgIpc) is 2.21. The van der Waals surface area contributed by atoms with Crippen LogP contribution in [0.15, 0.2) is 27.8 Å². The second kappa shape index (κ2) is 6.24. The van der Waals surface area contributed by atoms with Gasteiger partial charge in [-0.05, 0) is 53.5 Å². The molecule has 0 radical (unpaired) electrons. The maximum absolute atomic E-state index is 10.4. The van der Waals surface area contributed by atoms with Gasteiger partial charge in [0.2, 0.25) is 0 Å². The zero-order valence-electron chi connectivity index (χ0n) is 9.61.